The van der Waals surface area contributed by atoms with Gasteiger partial charge in [0.1, 0.15) is 12.0 Å². The van der Waals surface area contributed by atoms with Gasteiger partial charge in [0.25, 0.3) is 0 Å². The number of carbonyl (C=O) groups is 2. The molecule has 0 N–H and O–H groups in total. The van der Waals surface area contributed by atoms with Crippen molar-refractivity contribution < 1.29 is 14.3 Å². The number of hydrogen-bond acceptors (Lipinski definition) is 4. The summed E-state index contributed by atoms with van der Waals surface area (Å²) in [4.78, 5) is 24.1. The smallest absolute Gasteiger partial charge is 0.313 e. The van der Waals surface area contributed by atoms with E-state index in [4.69, 9.17) is 4.74 Å². The summed E-state index contributed by atoms with van der Waals surface area (Å²) in [5, 5.41) is 0. The van der Waals surface area contributed by atoms with Crippen LogP contribution in [0.15, 0.2) is 0 Å². The minimum atomic E-state index is -0.518. The van der Waals surface area contributed by atoms with Gasteiger partial charge < -0.3 is 9.64 Å². The van der Waals surface area contributed by atoms with E-state index in [-0.39, 0.29) is 18.7 Å². The molecule has 0 aliphatic carbocycles. The lowest BCUT2D eigenvalue weighted by Gasteiger charge is -2.19. The monoisotopic (exact) mass is 201 g/mol. The predicted molar refractivity (Wildman–Crippen MR) is 54.0 cm³/mol. The topological polar surface area (TPSA) is 46.6 Å². The molecule has 0 saturated heterocycles. The van der Waals surface area contributed by atoms with E-state index in [0.29, 0.717) is 0 Å². The molecule has 0 unspecified atom stereocenters. The van der Waals surface area contributed by atoms with Crippen molar-refractivity contribution >= 4 is 11.8 Å². The van der Waals surface area contributed by atoms with Crippen LogP contribution in [-0.2, 0) is 14.3 Å². The van der Waals surface area contributed by atoms with Crippen LogP contribution in [0.1, 0.15) is 27.2 Å². The molecular formula is C10H19NO3. The van der Waals surface area contributed by atoms with E-state index in [1.165, 1.54) is 0 Å². The Bertz CT molecular complexity index is 216. The van der Waals surface area contributed by atoms with Crippen LogP contribution in [0.2, 0.25) is 0 Å². The Morgan fingerprint density at radius 1 is 1.21 bits per heavy atom. The van der Waals surface area contributed by atoms with Crippen LogP contribution in [0.3, 0.4) is 0 Å². The third kappa shape index (κ3) is 7.73. The molecule has 82 valence electrons. The third-order valence-corrected chi connectivity index (χ3v) is 1.25. The van der Waals surface area contributed by atoms with Crippen LogP contribution in [0.4, 0.5) is 0 Å². The Hall–Kier alpha value is -0.900. The van der Waals surface area contributed by atoms with Gasteiger partial charge in [-0.15, -0.1) is 0 Å². The van der Waals surface area contributed by atoms with Crippen LogP contribution in [0, 0.1) is 0 Å². The van der Waals surface area contributed by atoms with Crippen molar-refractivity contribution in [2.75, 3.05) is 20.6 Å². The fourth-order valence-electron chi connectivity index (χ4n) is 0.947. The Morgan fingerprint density at radius 3 is 2.07 bits per heavy atom. The number of Topliss-reactive ketones (excluding diaryl/α,β-unsaturated/α-hetero) is 1. The quantitative estimate of drug-likeness (QED) is 0.499. The average Bonchev–Trinajstić information content (AvgIpc) is 1.77. The molecule has 0 aromatic carbocycles. The zero-order valence-electron chi connectivity index (χ0n) is 9.59. The second kappa shape index (κ2) is 5.10. The number of esters is 1. The first-order valence-corrected chi connectivity index (χ1v) is 4.59. The van der Waals surface area contributed by atoms with Gasteiger partial charge in [-0.1, -0.05) is 0 Å². The normalized spacial score (nSPS) is 11.6. The molecule has 4 nitrogen and oxygen atoms in total. The van der Waals surface area contributed by atoms with Crippen molar-refractivity contribution in [3.05, 3.63) is 0 Å². The number of ketones is 1. The second-order valence-electron chi connectivity index (χ2n) is 4.54. The van der Waals surface area contributed by atoms with E-state index in [0.717, 1.165) is 0 Å². The van der Waals surface area contributed by atoms with Gasteiger partial charge in [0.2, 0.25) is 0 Å². The van der Waals surface area contributed by atoms with Gasteiger partial charge in [-0.2, -0.15) is 0 Å². The molecule has 0 rings (SSSR count). The van der Waals surface area contributed by atoms with Gasteiger partial charge in [-0.05, 0) is 34.9 Å². The first-order valence-electron chi connectivity index (χ1n) is 4.59. The summed E-state index contributed by atoms with van der Waals surface area (Å²) < 4.78 is 5.01. The maximum absolute atomic E-state index is 11.2. The number of nitrogens with zero attached hydrogens (tertiary/aromatic N) is 1. The number of hydrogen-bond donors (Lipinski definition) is 0. The Labute approximate surface area is 85.2 Å². The van der Waals surface area contributed by atoms with E-state index >= 15 is 0 Å². The number of likely N-dealkylation sites (N-methyl/N-ethyl adjacent to an activating group) is 1. The minimum Gasteiger partial charge on any atom is -0.460 e. The fourth-order valence-corrected chi connectivity index (χ4v) is 0.947. The zero-order chi connectivity index (χ0) is 11.4. The van der Waals surface area contributed by atoms with Crippen LogP contribution < -0.4 is 0 Å². The Kier molecular flexibility index (Phi) is 4.77. The summed E-state index contributed by atoms with van der Waals surface area (Å²) in [6.07, 6.45) is -0.143. The summed E-state index contributed by atoms with van der Waals surface area (Å²) in [6.45, 7) is 5.61. The molecule has 0 amide bonds. The number of carbonyl (C=O) groups excluding carboxylic acids is 2. The molecule has 0 saturated carbocycles. The van der Waals surface area contributed by atoms with E-state index in [2.05, 4.69) is 0 Å². The highest BCUT2D eigenvalue weighted by Gasteiger charge is 2.18. The predicted octanol–water partition coefficient (Wildman–Crippen LogP) is 0.849. The molecule has 0 spiro atoms. The fraction of sp³-hybridized carbons (Fsp3) is 0.800. The van der Waals surface area contributed by atoms with E-state index < -0.39 is 11.6 Å². The highest BCUT2D eigenvalue weighted by Crippen LogP contribution is 2.08. The molecule has 0 bridgehead atoms. The molecule has 0 aliphatic rings. The molecule has 0 aromatic heterocycles. The first-order chi connectivity index (χ1) is 6.20. The summed E-state index contributed by atoms with van der Waals surface area (Å²) in [5.41, 5.74) is -0.518. The summed E-state index contributed by atoms with van der Waals surface area (Å²) in [5.74, 6) is -0.575. The molecule has 0 aliphatic heterocycles. The Balaban J connectivity index is 3.90. The van der Waals surface area contributed by atoms with Gasteiger partial charge in [0.15, 0.2) is 5.78 Å². The lowest BCUT2D eigenvalue weighted by molar-refractivity contribution is -0.156. The molecular weight excluding hydrogens is 182 g/mol. The highest BCUT2D eigenvalue weighted by molar-refractivity contribution is 5.96. The Morgan fingerprint density at radius 2 is 1.71 bits per heavy atom. The van der Waals surface area contributed by atoms with E-state index in [1.54, 1.807) is 39.8 Å². The number of ether oxygens (including phenoxy) is 1. The van der Waals surface area contributed by atoms with Gasteiger partial charge >= 0.3 is 5.97 Å². The molecule has 0 heterocycles. The van der Waals surface area contributed by atoms with Gasteiger partial charge in [-0.3, -0.25) is 9.59 Å². The van der Waals surface area contributed by atoms with Gasteiger partial charge in [-0.25, -0.2) is 0 Å². The first kappa shape index (κ1) is 13.1. The maximum atomic E-state index is 11.2. The molecule has 0 radical (unpaired) electrons. The molecule has 0 aromatic rings. The molecule has 0 atom stereocenters. The van der Waals surface area contributed by atoms with Crippen molar-refractivity contribution in [3.63, 3.8) is 0 Å². The largest absolute Gasteiger partial charge is 0.460 e. The van der Waals surface area contributed by atoms with Crippen LogP contribution in [0.5, 0.6) is 0 Å². The maximum Gasteiger partial charge on any atom is 0.313 e. The molecule has 4 heteroatoms. The number of rotatable bonds is 4. The molecule has 0 fully saturated rings. The van der Waals surface area contributed by atoms with Gasteiger partial charge in [0, 0.05) is 0 Å². The van der Waals surface area contributed by atoms with Crippen LogP contribution in [-0.4, -0.2) is 42.9 Å². The van der Waals surface area contributed by atoms with Crippen LogP contribution >= 0.6 is 0 Å². The summed E-state index contributed by atoms with van der Waals surface area (Å²) in [6, 6.07) is 0. The summed E-state index contributed by atoms with van der Waals surface area (Å²) >= 11 is 0. The third-order valence-electron chi connectivity index (χ3n) is 1.25. The van der Waals surface area contributed by atoms with E-state index in [1.807, 2.05) is 0 Å². The standard InChI is InChI=1S/C10H19NO3/c1-10(2,3)14-9(13)6-8(12)7-11(4)5/h6-7H2,1-5H3. The highest BCUT2D eigenvalue weighted by atomic mass is 16.6. The van der Waals surface area contributed by atoms with Crippen molar-refractivity contribution in [1.82, 2.24) is 4.90 Å². The van der Waals surface area contributed by atoms with E-state index in [9.17, 15) is 9.59 Å². The van der Waals surface area contributed by atoms with Crippen LogP contribution in [0.25, 0.3) is 0 Å². The van der Waals surface area contributed by atoms with Crippen molar-refractivity contribution in [1.29, 1.82) is 0 Å². The lowest BCUT2D eigenvalue weighted by Crippen LogP contribution is -2.28. The van der Waals surface area contributed by atoms with Crippen molar-refractivity contribution in [3.8, 4) is 0 Å². The lowest BCUT2D eigenvalue weighted by atomic mass is 10.2. The minimum absolute atomic E-state index is 0.121. The second-order valence-corrected chi connectivity index (χ2v) is 4.54. The molecule has 14 heavy (non-hydrogen) atoms. The zero-order valence-corrected chi connectivity index (χ0v) is 9.59. The van der Waals surface area contributed by atoms with Gasteiger partial charge in [0.05, 0.1) is 6.54 Å². The summed E-state index contributed by atoms with van der Waals surface area (Å²) in [7, 11) is 3.57. The SMILES string of the molecule is CN(C)CC(=O)CC(=O)OC(C)(C)C. The van der Waals surface area contributed by atoms with Crippen molar-refractivity contribution in [2.24, 2.45) is 0 Å². The average molecular weight is 201 g/mol. The van der Waals surface area contributed by atoms with Crippen molar-refractivity contribution in [2.45, 2.75) is 32.8 Å².